The molecule has 2 N–H and O–H groups in total. The monoisotopic (exact) mass is 401 g/mol. The first-order valence-corrected chi connectivity index (χ1v) is 11.8. The van der Waals surface area contributed by atoms with Crippen LogP contribution in [0.3, 0.4) is 0 Å². The molecule has 0 aromatic heterocycles. The summed E-state index contributed by atoms with van der Waals surface area (Å²) in [6, 6.07) is 21.3. The molecule has 0 fully saturated rings. The topological polar surface area (TPSA) is 26.0 Å². The Morgan fingerprint density at radius 1 is 0.842 bits per heavy atom. The molecule has 2 aromatic rings. The minimum atomic E-state index is -0.346. The Bertz CT molecular complexity index is 402. The first-order valence-electron chi connectivity index (χ1n) is 5.76. The summed E-state index contributed by atoms with van der Waals surface area (Å²) < 4.78 is 0. The molecule has 0 saturated carbocycles. The van der Waals surface area contributed by atoms with E-state index < -0.39 is 0 Å². The zero-order chi connectivity index (χ0) is 13.9. The molecule has 0 aliphatic heterocycles. The number of benzene rings is 2. The van der Waals surface area contributed by atoms with Crippen molar-refractivity contribution >= 4 is 37.9 Å². The van der Waals surface area contributed by atoms with Crippen LogP contribution in [-0.2, 0) is 15.1 Å². The summed E-state index contributed by atoms with van der Waals surface area (Å²) in [6.45, 7) is 0.746. The molecule has 0 heterocycles. The maximum atomic E-state index is 5.72. The van der Waals surface area contributed by atoms with Crippen LogP contribution in [0.4, 0.5) is 0 Å². The quantitative estimate of drug-likeness (QED) is 0.617. The van der Waals surface area contributed by atoms with Crippen LogP contribution in [0, 0.1) is 0 Å². The normalized spacial score (nSPS) is 10.1. The Kier molecular flexibility index (Phi) is 9.69. The van der Waals surface area contributed by atoms with Gasteiger partial charge in [-0.1, -0.05) is 60.7 Å². The fourth-order valence-corrected chi connectivity index (χ4v) is 3.89. The van der Waals surface area contributed by atoms with Gasteiger partial charge in [0.15, 0.2) is 0 Å². The van der Waals surface area contributed by atoms with Crippen molar-refractivity contribution in [2.24, 2.45) is 5.73 Å². The van der Waals surface area contributed by atoms with Crippen LogP contribution < -0.4 is 16.3 Å². The average molecular weight is 401 g/mol. The van der Waals surface area contributed by atoms with Crippen LogP contribution in [0.1, 0.15) is 0 Å². The zero-order valence-corrected chi connectivity index (χ0v) is 14.5. The predicted molar refractivity (Wildman–Crippen MR) is 84.7 cm³/mol. The Labute approximate surface area is 131 Å². The molecule has 0 atom stereocenters. The van der Waals surface area contributed by atoms with Gasteiger partial charge in [0.25, 0.3) is 0 Å². The van der Waals surface area contributed by atoms with Crippen molar-refractivity contribution in [1.29, 1.82) is 0 Å². The number of hydrogen-bond donors (Lipinski definition) is 1. The van der Waals surface area contributed by atoms with Crippen LogP contribution >= 0.6 is 27.3 Å². The average Bonchev–Trinajstić information content (AvgIpc) is 2.47. The molecule has 0 saturated heterocycles. The molecular formula is C14H16Cl2NPRu. The summed E-state index contributed by atoms with van der Waals surface area (Å²) >= 11 is -0.346. The molecule has 104 valence electrons. The number of halogens is 2. The van der Waals surface area contributed by atoms with Crippen LogP contribution in [0.25, 0.3) is 0 Å². The molecule has 2 aromatic carbocycles. The van der Waals surface area contributed by atoms with Crippen molar-refractivity contribution in [2.45, 2.75) is 0 Å². The van der Waals surface area contributed by atoms with Crippen molar-refractivity contribution in [3.8, 4) is 0 Å². The van der Waals surface area contributed by atoms with Crippen molar-refractivity contribution in [3.63, 3.8) is 0 Å². The fraction of sp³-hybridized carbons (Fsp3) is 0.143. The molecule has 0 unspecified atom stereocenters. The summed E-state index contributed by atoms with van der Waals surface area (Å²) in [5.41, 5.74) is 5.72. The minimum absolute atomic E-state index is 0.276. The standard InChI is InChI=1S/C14H16NP.2ClH.Ru/c15-11-12-16(13-7-3-1-4-8-13)14-9-5-2-6-10-14;;;/h1-10H,11-12,15H2;2*1H;/q;;;+2/p-2. The van der Waals surface area contributed by atoms with E-state index in [2.05, 4.69) is 60.7 Å². The van der Waals surface area contributed by atoms with Gasteiger partial charge in [-0.05, 0) is 31.2 Å². The van der Waals surface area contributed by atoms with E-state index in [1.165, 1.54) is 10.6 Å². The summed E-state index contributed by atoms with van der Waals surface area (Å²) in [6.07, 6.45) is 1.06. The summed E-state index contributed by atoms with van der Waals surface area (Å²) in [4.78, 5) is 0. The van der Waals surface area contributed by atoms with Crippen molar-refractivity contribution < 1.29 is 15.1 Å². The van der Waals surface area contributed by atoms with Gasteiger partial charge in [-0.25, -0.2) is 0 Å². The van der Waals surface area contributed by atoms with Gasteiger partial charge in [0.05, 0.1) is 0 Å². The molecule has 1 nitrogen and oxygen atoms in total. The molecule has 19 heavy (non-hydrogen) atoms. The van der Waals surface area contributed by atoms with Gasteiger partial charge in [0.1, 0.15) is 0 Å². The SMILES string of the molecule is NCCP(c1ccccc1)c1ccccc1.[Cl][Ru][Cl]. The van der Waals surface area contributed by atoms with Crippen molar-refractivity contribution in [1.82, 2.24) is 0 Å². The zero-order valence-electron chi connectivity index (χ0n) is 10.3. The Balaban J connectivity index is 0.000000550. The van der Waals surface area contributed by atoms with Gasteiger partial charge in [0, 0.05) is 0 Å². The van der Waals surface area contributed by atoms with Gasteiger partial charge in [-0.15, -0.1) is 0 Å². The summed E-state index contributed by atoms with van der Waals surface area (Å²) in [7, 11) is 9.43. The number of hydrogen-bond acceptors (Lipinski definition) is 1. The second-order valence-corrected chi connectivity index (χ2v) is 8.64. The number of nitrogens with two attached hydrogens (primary N) is 1. The molecule has 0 spiro atoms. The fourth-order valence-electron chi connectivity index (χ4n) is 1.75. The van der Waals surface area contributed by atoms with Crippen molar-refractivity contribution in [3.05, 3.63) is 60.7 Å². The van der Waals surface area contributed by atoms with Crippen LogP contribution in [0.15, 0.2) is 60.7 Å². The van der Waals surface area contributed by atoms with E-state index in [0.29, 0.717) is 0 Å². The van der Waals surface area contributed by atoms with Crippen LogP contribution in [-0.4, -0.2) is 12.7 Å². The summed E-state index contributed by atoms with van der Waals surface area (Å²) in [5.74, 6) is 0. The first-order chi connectivity index (χ1) is 9.33. The third-order valence-electron chi connectivity index (χ3n) is 2.49. The summed E-state index contributed by atoms with van der Waals surface area (Å²) in [5, 5.41) is 2.82. The van der Waals surface area contributed by atoms with Gasteiger partial charge in [-0.3, -0.25) is 0 Å². The van der Waals surface area contributed by atoms with Crippen LogP contribution in [0.2, 0.25) is 0 Å². The number of rotatable bonds is 4. The first kappa shape index (κ1) is 17.1. The Morgan fingerprint density at radius 3 is 1.53 bits per heavy atom. The van der Waals surface area contributed by atoms with E-state index in [1.807, 2.05) is 0 Å². The van der Waals surface area contributed by atoms with E-state index in [-0.39, 0.29) is 23.1 Å². The Morgan fingerprint density at radius 2 is 1.21 bits per heavy atom. The van der Waals surface area contributed by atoms with Crippen molar-refractivity contribution in [2.75, 3.05) is 12.7 Å². The van der Waals surface area contributed by atoms with E-state index in [0.717, 1.165) is 12.7 Å². The van der Waals surface area contributed by atoms with Gasteiger partial charge >= 0.3 is 34.5 Å². The van der Waals surface area contributed by atoms with Crippen LogP contribution in [0.5, 0.6) is 0 Å². The van der Waals surface area contributed by atoms with E-state index in [4.69, 9.17) is 25.1 Å². The third kappa shape index (κ3) is 6.34. The molecule has 0 amide bonds. The molecule has 0 aliphatic rings. The van der Waals surface area contributed by atoms with E-state index >= 15 is 0 Å². The van der Waals surface area contributed by atoms with E-state index in [9.17, 15) is 0 Å². The second kappa shape index (κ2) is 10.8. The van der Waals surface area contributed by atoms with Gasteiger partial charge in [-0.2, -0.15) is 0 Å². The maximum absolute atomic E-state index is 5.72. The second-order valence-electron chi connectivity index (χ2n) is 3.66. The molecule has 0 radical (unpaired) electrons. The molecule has 5 heteroatoms. The molecule has 2 rings (SSSR count). The molecule has 0 bridgehead atoms. The predicted octanol–water partition coefficient (Wildman–Crippen LogP) is 3.45. The molecule has 0 aliphatic carbocycles. The van der Waals surface area contributed by atoms with Gasteiger partial charge in [0.2, 0.25) is 0 Å². The Hall–Kier alpha value is 0.0334. The van der Waals surface area contributed by atoms with Gasteiger partial charge < -0.3 is 5.73 Å². The van der Waals surface area contributed by atoms with E-state index in [1.54, 1.807) is 0 Å². The third-order valence-corrected chi connectivity index (χ3v) is 5.04. The molecular weight excluding hydrogens is 385 g/mol.